The summed E-state index contributed by atoms with van der Waals surface area (Å²) in [6, 6.07) is 0.207. The zero-order valence-corrected chi connectivity index (χ0v) is 34.8. The van der Waals surface area contributed by atoms with E-state index in [2.05, 4.69) is 29.1 Å². The first-order valence-corrected chi connectivity index (χ1v) is 19.9. The minimum Gasteiger partial charge on any atom is -0.481 e. The monoisotopic (exact) mass is 781 g/mol. The van der Waals surface area contributed by atoms with Crippen molar-refractivity contribution in [3.05, 3.63) is 51.4 Å². The third-order valence-corrected chi connectivity index (χ3v) is 11.4. The summed E-state index contributed by atoms with van der Waals surface area (Å²) >= 11 is 0. The molecule has 310 valence electrons. The number of piperidine rings is 1. The van der Waals surface area contributed by atoms with Crippen molar-refractivity contribution in [2.45, 2.75) is 130 Å². The largest absolute Gasteiger partial charge is 0.481 e. The summed E-state index contributed by atoms with van der Waals surface area (Å²) in [5.74, 6) is -0.881. The van der Waals surface area contributed by atoms with Gasteiger partial charge in [-0.25, -0.2) is 0 Å². The van der Waals surface area contributed by atoms with E-state index in [0.29, 0.717) is 35.3 Å². The second-order valence-electron chi connectivity index (χ2n) is 15.6. The Morgan fingerprint density at radius 1 is 0.679 bits per heavy atom. The van der Waals surface area contributed by atoms with Gasteiger partial charge in [-0.05, 0) is 99.8 Å². The fraction of sp³-hybridized carbons (Fsp3) is 0.675. The van der Waals surface area contributed by atoms with Crippen LogP contribution in [-0.2, 0) is 18.9 Å². The number of nitrogens with zero attached hydrogens (tertiary/aromatic N) is 9. The van der Waals surface area contributed by atoms with E-state index < -0.39 is 5.97 Å². The topological polar surface area (TPSA) is 192 Å². The van der Waals surface area contributed by atoms with Crippen LogP contribution >= 0.6 is 0 Å². The van der Waals surface area contributed by atoms with Crippen molar-refractivity contribution in [1.29, 1.82) is 0 Å². The van der Waals surface area contributed by atoms with Crippen LogP contribution in [0.1, 0.15) is 137 Å². The Morgan fingerprint density at radius 2 is 1.16 bits per heavy atom. The number of carbonyl (C=O) groups is 4. The lowest BCUT2D eigenvalue weighted by molar-refractivity contribution is -0.138. The van der Waals surface area contributed by atoms with Crippen molar-refractivity contribution in [2.75, 3.05) is 32.8 Å². The minimum absolute atomic E-state index is 0.00431. The van der Waals surface area contributed by atoms with Gasteiger partial charge in [-0.1, -0.05) is 0 Å². The molecule has 3 aliphatic heterocycles. The van der Waals surface area contributed by atoms with Gasteiger partial charge in [-0.2, -0.15) is 15.3 Å². The Labute approximate surface area is 330 Å². The molecular formula is C40H63N9O7. The number of carbonyl (C=O) groups excluding carboxylic acids is 3. The lowest BCUT2D eigenvalue weighted by atomic mass is 9.98. The minimum atomic E-state index is -0.857. The van der Waals surface area contributed by atoms with Gasteiger partial charge < -0.3 is 30.0 Å². The molecule has 0 saturated carbocycles. The van der Waals surface area contributed by atoms with Gasteiger partial charge in [-0.3, -0.25) is 33.2 Å². The van der Waals surface area contributed by atoms with Gasteiger partial charge in [0.25, 0.3) is 17.7 Å². The number of aryl methyl sites for hydroxylation is 5. The molecule has 16 nitrogen and oxygen atoms in total. The predicted molar refractivity (Wildman–Crippen MR) is 211 cm³/mol. The van der Waals surface area contributed by atoms with E-state index in [1.165, 1.54) is 0 Å². The standard InChI is InChI=1S/C15H25N3O2.C13H19N3O3.C12H19N3O2/c1-11(2)18-10-14(12(3)16-18)15(20)17-8-5-4-6-13(17)7-9-19;1-8-12(9(2)15(3)14-8)13(19)16-6-4-5-10(16)7-11(17)18;1-8-11(9(2)14(3)13-8)12(17)15-6-4-5-10(15)7-16/h10-11,13,19H,4-9H2,1-3H3;10H,4-7H2,1-3H3,(H,17,18);10,16H,4-7H2,1-3H3. The predicted octanol–water partition coefficient (Wildman–Crippen LogP) is 3.90. The Morgan fingerprint density at radius 3 is 1.61 bits per heavy atom. The van der Waals surface area contributed by atoms with Gasteiger partial charge in [0.1, 0.15) is 0 Å². The smallest absolute Gasteiger partial charge is 0.305 e. The van der Waals surface area contributed by atoms with E-state index in [0.717, 1.165) is 80.8 Å². The lowest BCUT2D eigenvalue weighted by Crippen LogP contribution is -2.44. The van der Waals surface area contributed by atoms with Crippen LogP contribution in [0.15, 0.2) is 6.20 Å². The molecule has 0 aromatic carbocycles. The van der Waals surface area contributed by atoms with E-state index in [1.807, 2.05) is 57.4 Å². The van der Waals surface area contributed by atoms with Crippen molar-refractivity contribution in [3.63, 3.8) is 0 Å². The molecule has 0 aliphatic carbocycles. The zero-order valence-electron chi connectivity index (χ0n) is 34.8. The quantitative estimate of drug-likeness (QED) is 0.287. The molecule has 0 radical (unpaired) electrons. The number of rotatable bonds is 9. The number of amides is 3. The fourth-order valence-electron chi connectivity index (χ4n) is 8.09. The molecule has 16 heteroatoms. The number of aromatic nitrogens is 6. The third-order valence-electron chi connectivity index (χ3n) is 11.4. The number of aliphatic carboxylic acids is 1. The molecule has 3 aromatic heterocycles. The maximum atomic E-state index is 12.7. The number of hydrogen-bond donors (Lipinski definition) is 3. The summed E-state index contributed by atoms with van der Waals surface area (Å²) in [5.41, 5.74) is 5.96. The first-order valence-electron chi connectivity index (χ1n) is 19.9. The zero-order chi connectivity index (χ0) is 41.4. The number of hydrogen-bond acceptors (Lipinski definition) is 9. The van der Waals surface area contributed by atoms with Crippen molar-refractivity contribution < 1.29 is 34.5 Å². The van der Waals surface area contributed by atoms with Crippen molar-refractivity contribution >= 4 is 23.7 Å². The van der Waals surface area contributed by atoms with Crippen LogP contribution in [0.5, 0.6) is 0 Å². The van der Waals surface area contributed by atoms with E-state index >= 15 is 0 Å². The first kappa shape index (κ1) is 44.1. The average molecular weight is 782 g/mol. The number of likely N-dealkylation sites (tertiary alicyclic amines) is 3. The van der Waals surface area contributed by atoms with Crippen LogP contribution in [0, 0.1) is 34.6 Å². The maximum Gasteiger partial charge on any atom is 0.305 e. The molecule has 3 atom stereocenters. The highest BCUT2D eigenvalue weighted by Crippen LogP contribution is 2.26. The fourth-order valence-corrected chi connectivity index (χ4v) is 8.09. The van der Waals surface area contributed by atoms with Crippen molar-refractivity contribution in [2.24, 2.45) is 14.1 Å². The van der Waals surface area contributed by atoms with E-state index in [-0.39, 0.29) is 61.5 Å². The highest BCUT2D eigenvalue weighted by atomic mass is 16.4. The van der Waals surface area contributed by atoms with Gasteiger partial charge in [0.2, 0.25) is 0 Å². The maximum absolute atomic E-state index is 12.7. The second kappa shape index (κ2) is 19.5. The van der Waals surface area contributed by atoms with Crippen molar-refractivity contribution in [3.8, 4) is 0 Å². The summed E-state index contributed by atoms with van der Waals surface area (Å²) in [4.78, 5) is 54.0. The molecule has 3 N–H and O–H groups in total. The normalized spacial score (nSPS) is 19.5. The summed E-state index contributed by atoms with van der Waals surface area (Å²) < 4.78 is 5.25. The molecule has 6 rings (SSSR count). The third kappa shape index (κ3) is 10.0. The SMILES string of the molecule is Cc1nn(C(C)C)cc1C(=O)N1CCCCC1CCO.Cc1nn(C)c(C)c1C(=O)N1CCCC1CC(=O)O.Cc1nn(C)c(C)c1C(=O)N1CCCC1CO. The molecule has 3 aliphatic rings. The van der Waals surface area contributed by atoms with Gasteiger partial charge in [0, 0.05) is 76.0 Å². The Balaban J connectivity index is 0.000000187. The lowest BCUT2D eigenvalue weighted by Gasteiger charge is -2.35. The van der Waals surface area contributed by atoms with Crippen LogP contribution in [0.25, 0.3) is 0 Å². The van der Waals surface area contributed by atoms with Gasteiger partial charge >= 0.3 is 5.97 Å². The number of aliphatic hydroxyl groups is 2. The Kier molecular flexibility index (Phi) is 15.4. The number of carboxylic acids is 1. The summed E-state index contributed by atoms with van der Waals surface area (Å²) in [7, 11) is 3.64. The van der Waals surface area contributed by atoms with Crippen LogP contribution in [-0.4, -0.2) is 134 Å². The molecule has 3 unspecified atom stereocenters. The Bertz CT molecular complexity index is 1840. The molecule has 3 aromatic rings. The molecule has 0 spiro atoms. The molecular weight excluding hydrogens is 718 g/mol. The van der Waals surface area contributed by atoms with Gasteiger partial charge in [0.15, 0.2) is 0 Å². The average Bonchev–Trinajstić information content (AvgIpc) is 3.98. The van der Waals surface area contributed by atoms with Crippen LogP contribution in [0.3, 0.4) is 0 Å². The van der Waals surface area contributed by atoms with E-state index in [4.69, 9.17) is 10.2 Å². The van der Waals surface area contributed by atoms with E-state index in [9.17, 15) is 24.3 Å². The highest BCUT2D eigenvalue weighted by molar-refractivity contribution is 5.97. The summed E-state index contributed by atoms with van der Waals surface area (Å²) in [6.07, 6.45) is 9.20. The summed E-state index contributed by atoms with van der Waals surface area (Å²) in [5, 5.41) is 40.2. The van der Waals surface area contributed by atoms with Crippen LogP contribution in [0.2, 0.25) is 0 Å². The number of carboxylic acid groups (broad SMARTS) is 1. The van der Waals surface area contributed by atoms with Crippen LogP contribution in [0.4, 0.5) is 0 Å². The van der Waals surface area contributed by atoms with Gasteiger partial charge in [0.05, 0.1) is 52.8 Å². The molecule has 3 saturated heterocycles. The second-order valence-corrected chi connectivity index (χ2v) is 15.6. The highest BCUT2D eigenvalue weighted by Gasteiger charge is 2.34. The van der Waals surface area contributed by atoms with E-state index in [1.54, 1.807) is 26.2 Å². The van der Waals surface area contributed by atoms with Crippen molar-refractivity contribution in [1.82, 2.24) is 44.0 Å². The number of aliphatic hydroxyl groups excluding tert-OH is 2. The molecule has 56 heavy (non-hydrogen) atoms. The summed E-state index contributed by atoms with van der Waals surface area (Å²) in [6.45, 7) is 15.7. The van der Waals surface area contributed by atoms with Gasteiger partial charge in [-0.15, -0.1) is 0 Å². The Hall–Kier alpha value is -4.57. The molecule has 3 amide bonds. The first-order chi connectivity index (χ1) is 26.5. The molecule has 3 fully saturated rings. The molecule has 0 bridgehead atoms. The molecule has 6 heterocycles. The van der Waals surface area contributed by atoms with Crippen LogP contribution < -0.4 is 0 Å².